The van der Waals surface area contributed by atoms with Gasteiger partial charge in [-0.05, 0) is 38.1 Å². The van der Waals surface area contributed by atoms with E-state index in [0.29, 0.717) is 18.8 Å². The highest BCUT2D eigenvalue weighted by atomic mass is 32.2. The topological polar surface area (TPSA) is 87.7 Å². The van der Waals surface area contributed by atoms with E-state index in [1.54, 1.807) is 6.07 Å². The average molecular weight is 522 g/mol. The van der Waals surface area contributed by atoms with Crippen LogP contribution >= 0.6 is 0 Å². The Morgan fingerprint density at radius 1 is 1.14 bits per heavy atom. The minimum absolute atomic E-state index is 0.0260. The van der Waals surface area contributed by atoms with Gasteiger partial charge >= 0.3 is 0 Å². The van der Waals surface area contributed by atoms with Gasteiger partial charge in [-0.25, -0.2) is 35.9 Å². The molecule has 0 bridgehead atoms. The highest BCUT2D eigenvalue weighted by Crippen LogP contribution is 2.39. The molecule has 1 aromatic heterocycles. The van der Waals surface area contributed by atoms with Crippen molar-refractivity contribution in [3.05, 3.63) is 59.5 Å². The molecule has 1 aliphatic rings. The largest absolute Gasteiger partial charge is 0.486 e. The molecule has 0 spiro atoms. The first-order chi connectivity index (χ1) is 16.9. The second-order valence-electron chi connectivity index (χ2n) is 8.78. The summed E-state index contributed by atoms with van der Waals surface area (Å²) in [7, 11) is -2.12. The van der Waals surface area contributed by atoms with Crippen molar-refractivity contribution in [2.75, 3.05) is 36.7 Å². The highest BCUT2D eigenvalue weighted by molar-refractivity contribution is 7.88. The Balaban J connectivity index is 1.63. The van der Waals surface area contributed by atoms with Gasteiger partial charge in [0.25, 0.3) is 0 Å². The van der Waals surface area contributed by atoms with Crippen molar-refractivity contribution in [1.82, 2.24) is 14.3 Å². The Kier molecular flexibility index (Phi) is 7.10. The van der Waals surface area contributed by atoms with Crippen LogP contribution < -0.4 is 15.0 Å². The van der Waals surface area contributed by atoms with Crippen LogP contribution in [-0.2, 0) is 16.6 Å². The summed E-state index contributed by atoms with van der Waals surface area (Å²) in [5, 5.41) is 2.81. The Labute approximate surface area is 207 Å². The summed E-state index contributed by atoms with van der Waals surface area (Å²) >= 11 is 0. The van der Waals surface area contributed by atoms with Gasteiger partial charge < -0.3 is 15.0 Å². The van der Waals surface area contributed by atoms with E-state index in [9.17, 15) is 21.6 Å². The first kappa shape index (κ1) is 25.7. The van der Waals surface area contributed by atoms with Crippen LogP contribution in [-0.4, -0.2) is 55.2 Å². The normalized spacial score (nSPS) is 13.6. The zero-order valence-electron chi connectivity index (χ0n) is 20.2. The maximum Gasteiger partial charge on any atom is 0.227 e. The van der Waals surface area contributed by atoms with Gasteiger partial charge in [0.1, 0.15) is 18.1 Å². The lowest BCUT2D eigenvalue weighted by Gasteiger charge is -2.34. The standard InChI is InChI=1S/C24H26F3N5O3S/c1-14(2)32-7-8-35-23-19(26)9-16(10-21(23)32)22-20(27)12-28-24(30-22)29-17-6-5-15(18(25)11-17)13-31(3)36(4,33)34/h5-6,9-12,14H,7-8,13H2,1-4H3,(H,28,29,30). The molecule has 0 fully saturated rings. The van der Waals surface area contributed by atoms with Crippen LogP contribution in [0.1, 0.15) is 19.4 Å². The number of anilines is 3. The molecule has 0 amide bonds. The molecule has 0 radical (unpaired) electrons. The molecule has 2 aromatic carbocycles. The maximum absolute atomic E-state index is 14.9. The zero-order chi connectivity index (χ0) is 26.2. The van der Waals surface area contributed by atoms with Crippen molar-refractivity contribution in [3.8, 4) is 17.0 Å². The number of nitrogens with zero attached hydrogens (tertiary/aromatic N) is 4. The highest BCUT2D eigenvalue weighted by Gasteiger charge is 2.25. The molecular weight excluding hydrogens is 495 g/mol. The van der Waals surface area contributed by atoms with Crippen molar-refractivity contribution < 1.29 is 26.3 Å². The molecule has 3 aromatic rings. The minimum Gasteiger partial charge on any atom is -0.486 e. The number of rotatable bonds is 7. The van der Waals surface area contributed by atoms with E-state index in [1.807, 2.05) is 18.7 Å². The number of ether oxygens (including phenoxy) is 1. The fraction of sp³-hybridized carbons (Fsp3) is 0.333. The number of aromatic nitrogens is 2. The summed E-state index contributed by atoms with van der Waals surface area (Å²) in [6.07, 6.45) is 1.98. The maximum atomic E-state index is 14.9. The van der Waals surface area contributed by atoms with E-state index in [-0.39, 0.29) is 46.8 Å². The van der Waals surface area contributed by atoms with Crippen LogP contribution in [0.2, 0.25) is 0 Å². The van der Waals surface area contributed by atoms with Crippen LogP contribution in [0.3, 0.4) is 0 Å². The molecule has 4 rings (SSSR count). The van der Waals surface area contributed by atoms with Gasteiger partial charge in [-0.2, -0.15) is 0 Å². The average Bonchev–Trinajstić information content (AvgIpc) is 2.81. The number of nitrogens with one attached hydrogen (secondary N) is 1. The third-order valence-electron chi connectivity index (χ3n) is 5.82. The van der Waals surface area contributed by atoms with Crippen molar-refractivity contribution in [1.29, 1.82) is 0 Å². The van der Waals surface area contributed by atoms with E-state index in [0.717, 1.165) is 28.9 Å². The van der Waals surface area contributed by atoms with Gasteiger partial charge in [-0.15, -0.1) is 0 Å². The molecule has 36 heavy (non-hydrogen) atoms. The predicted molar refractivity (Wildman–Crippen MR) is 131 cm³/mol. The number of sulfonamides is 1. The number of hydrogen-bond acceptors (Lipinski definition) is 7. The van der Waals surface area contributed by atoms with Gasteiger partial charge in [0.05, 0.1) is 24.7 Å². The molecular formula is C24H26F3N5O3S. The fourth-order valence-corrected chi connectivity index (χ4v) is 4.22. The van der Waals surface area contributed by atoms with E-state index in [4.69, 9.17) is 4.74 Å². The molecule has 0 unspecified atom stereocenters. The molecule has 8 nitrogen and oxygen atoms in total. The minimum atomic E-state index is -3.47. The molecule has 0 saturated carbocycles. The van der Waals surface area contributed by atoms with E-state index in [2.05, 4.69) is 15.3 Å². The van der Waals surface area contributed by atoms with Gasteiger partial charge in [-0.1, -0.05) is 6.07 Å². The first-order valence-electron chi connectivity index (χ1n) is 11.2. The summed E-state index contributed by atoms with van der Waals surface area (Å²) in [5.74, 6) is -1.93. The number of hydrogen-bond donors (Lipinski definition) is 1. The van der Waals surface area contributed by atoms with E-state index in [1.165, 1.54) is 19.2 Å². The second kappa shape index (κ2) is 9.94. The Bertz CT molecular complexity index is 1400. The van der Waals surface area contributed by atoms with Crippen LogP contribution in [0.4, 0.5) is 30.5 Å². The quantitative estimate of drug-likeness (QED) is 0.496. The van der Waals surface area contributed by atoms with Gasteiger partial charge in [0.2, 0.25) is 16.0 Å². The SMILES string of the molecule is CC(C)N1CCOc2c(F)cc(-c3nc(Nc4ccc(CN(C)S(C)(=O)=O)c(F)c4)ncc3F)cc21. The molecule has 192 valence electrons. The molecule has 0 saturated heterocycles. The number of fused-ring (bicyclic) bond motifs is 1. The van der Waals surface area contributed by atoms with Crippen LogP contribution in [0.5, 0.6) is 5.75 Å². The Morgan fingerprint density at radius 2 is 1.89 bits per heavy atom. The summed E-state index contributed by atoms with van der Waals surface area (Å²) in [5.41, 5.74) is 1.03. The lowest BCUT2D eigenvalue weighted by Crippen LogP contribution is -2.38. The van der Waals surface area contributed by atoms with Gasteiger partial charge in [0.15, 0.2) is 17.4 Å². The number of halogens is 3. The summed E-state index contributed by atoms with van der Waals surface area (Å²) in [4.78, 5) is 10.1. The van der Waals surface area contributed by atoms with E-state index < -0.39 is 27.5 Å². The van der Waals surface area contributed by atoms with Crippen LogP contribution in [0.25, 0.3) is 11.3 Å². The Hall–Kier alpha value is -3.38. The number of benzene rings is 2. The molecule has 1 N–H and O–H groups in total. The first-order valence-corrected chi connectivity index (χ1v) is 13.0. The molecule has 0 atom stereocenters. The van der Waals surface area contributed by atoms with Crippen LogP contribution in [0.15, 0.2) is 36.5 Å². The Morgan fingerprint density at radius 3 is 2.56 bits per heavy atom. The third-order valence-corrected chi connectivity index (χ3v) is 7.08. The second-order valence-corrected chi connectivity index (χ2v) is 10.9. The molecule has 1 aliphatic heterocycles. The summed E-state index contributed by atoms with van der Waals surface area (Å²) in [6.45, 7) is 4.71. The lowest BCUT2D eigenvalue weighted by atomic mass is 10.1. The summed E-state index contributed by atoms with van der Waals surface area (Å²) in [6, 6.07) is 6.98. The molecule has 12 heteroatoms. The van der Waals surface area contributed by atoms with Crippen molar-refractivity contribution in [2.45, 2.75) is 26.4 Å². The summed E-state index contributed by atoms with van der Waals surface area (Å²) < 4.78 is 73.9. The fourth-order valence-electron chi connectivity index (χ4n) is 3.84. The van der Waals surface area contributed by atoms with Crippen molar-refractivity contribution in [3.63, 3.8) is 0 Å². The van der Waals surface area contributed by atoms with E-state index >= 15 is 0 Å². The van der Waals surface area contributed by atoms with Gasteiger partial charge in [-0.3, -0.25) is 0 Å². The molecule has 2 heterocycles. The molecule has 0 aliphatic carbocycles. The van der Waals surface area contributed by atoms with Crippen molar-refractivity contribution >= 4 is 27.3 Å². The van der Waals surface area contributed by atoms with Crippen LogP contribution in [0, 0.1) is 17.5 Å². The van der Waals surface area contributed by atoms with Crippen molar-refractivity contribution in [2.24, 2.45) is 0 Å². The monoisotopic (exact) mass is 521 g/mol. The smallest absolute Gasteiger partial charge is 0.227 e. The predicted octanol–water partition coefficient (Wildman–Crippen LogP) is 4.30. The third kappa shape index (κ3) is 5.39. The lowest BCUT2D eigenvalue weighted by molar-refractivity contribution is 0.287. The zero-order valence-corrected chi connectivity index (χ0v) is 21.0. The van der Waals surface area contributed by atoms with Gasteiger partial charge in [0, 0.05) is 36.4 Å².